The van der Waals surface area contributed by atoms with E-state index < -0.39 is 5.97 Å². The Balaban J connectivity index is 1.59. The van der Waals surface area contributed by atoms with Crippen molar-refractivity contribution in [3.63, 3.8) is 0 Å². The van der Waals surface area contributed by atoms with Crippen LogP contribution in [0, 0.1) is 0 Å². The maximum Gasteiger partial charge on any atom is 0.338 e. The first-order chi connectivity index (χ1) is 12.5. The fourth-order valence-corrected chi connectivity index (χ4v) is 2.62. The summed E-state index contributed by atoms with van der Waals surface area (Å²) in [5, 5.41) is 3.61. The number of hydrogen-bond donors (Lipinski definition) is 1. The third-order valence-electron chi connectivity index (χ3n) is 3.50. The molecule has 0 fully saturated rings. The molecule has 132 valence electrons. The van der Waals surface area contributed by atoms with E-state index in [0.717, 1.165) is 0 Å². The van der Waals surface area contributed by atoms with Crippen LogP contribution in [-0.4, -0.2) is 11.9 Å². The molecular formula is C19H13Cl2NO4. The highest BCUT2D eigenvalue weighted by molar-refractivity contribution is 6.35. The van der Waals surface area contributed by atoms with E-state index in [0.29, 0.717) is 26.9 Å². The number of anilines is 1. The Morgan fingerprint density at radius 1 is 1.04 bits per heavy atom. The summed E-state index contributed by atoms with van der Waals surface area (Å²) in [4.78, 5) is 24.0. The molecular weight excluding hydrogens is 377 g/mol. The molecule has 0 saturated heterocycles. The minimum Gasteiger partial charge on any atom is -0.459 e. The molecule has 0 saturated carbocycles. The van der Waals surface area contributed by atoms with Gasteiger partial charge in [-0.3, -0.25) is 4.79 Å². The molecule has 7 heteroatoms. The first kappa shape index (κ1) is 18.0. The van der Waals surface area contributed by atoms with Gasteiger partial charge in [0.1, 0.15) is 6.61 Å². The first-order valence-electron chi connectivity index (χ1n) is 7.59. The predicted octanol–water partition coefficient (Wildman–Crippen LogP) is 5.20. The second-order valence-corrected chi connectivity index (χ2v) is 6.16. The van der Waals surface area contributed by atoms with Crippen LogP contribution in [0.3, 0.4) is 0 Å². The molecule has 1 heterocycles. The Bertz CT molecular complexity index is 921. The number of benzene rings is 2. The van der Waals surface area contributed by atoms with E-state index in [-0.39, 0.29) is 18.3 Å². The molecule has 3 rings (SSSR count). The Morgan fingerprint density at radius 3 is 2.46 bits per heavy atom. The summed E-state index contributed by atoms with van der Waals surface area (Å²) in [7, 11) is 0. The Kier molecular flexibility index (Phi) is 5.61. The van der Waals surface area contributed by atoms with Gasteiger partial charge in [0, 0.05) is 21.3 Å². The van der Waals surface area contributed by atoms with Gasteiger partial charge in [0.25, 0.3) is 5.91 Å². The lowest BCUT2D eigenvalue weighted by molar-refractivity contribution is 0.0473. The molecule has 0 atom stereocenters. The molecule has 3 aromatic rings. The minimum atomic E-state index is -0.500. The van der Waals surface area contributed by atoms with Gasteiger partial charge in [-0.2, -0.15) is 0 Å². The van der Waals surface area contributed by atoms with E-state index in [9.17, 15) is 9.59 Å². The van der Waals surface area contributed by atoms with Crippen LogP contribution < -0.4 is 5.32 Å². The second kappa shape index (κ2) is 8.08. The molecule has 5 nitrogen and oxygen atoms in total. The van der Waals surface area contributed by atoms with E-state index in [1.165, 1.54) is 6.26 Å². The zero-order chi connectivity index (χ0) is 18.5. The number of rotatable bonds is 5. The van der Waals surface area contributed by atoms with Gasteiger partial charge < -0.3 is 14.5 Å². The quantitative estimate of drug-likeness (QED) is 0.609. The van der Waals surface area contributed by atoms with E-state index in [4.69, 9.17) is 32.4 Å². The van der Waals surface area contributed by atoms with Gasteiger partial charge in [0.15, 0.2) is 5.76 Å². The van der Waals surface area contributed by atoms with Crippen LogP contribution in [0.25, 0.3) is 0 Å². The summed E-state index contributed by atoms with van der Waals surface area (Å²) >= 11 is 11.9. The predicted molar refractivity (Wildman–Crippen MR) is 98.7 cm³/mol. The molecule has 1 N–H and O–H groups in total. The summed E-state index contributed by atoms with van der Waals surface area (Å²) in [6, 6.07) is 14.5. The smallest absolute Gasteiger partial charge is 0.338 e. The van der Waals surface area contributed by atoms with Crippen molar-refractivity contribution in [1.82, 2.24) is 0 Å². The van der Waals surface area contributed by atoms with Gasteiger partial charge in [-0.25, -0.2) is 4.79 Å². The number of amides is 1. The zero-order valence-corrected chi connectivity index (χ0v) is 14.9. The third-order valence-corrected chi connectivity index (χ3v) is 4.08. The molecule has 0 aliphatic carbocycles. The van der Waals surface area contributed by atoms with Crippen LogP contribution in [0.15, 0.2) is 65.3 Å². The largest absolute Gasteiger partial charge is 0.459 e. The van der Waals surface area contributed by atoms with Crippen LogP contribution in [0.5, 0.6) is 0 Å². The van der Waals surface area contributed by atoms with Gasteiger partial charge in [-0.05, 0) is 48.5 Å². The SMILES string of the molecule is O=C(OCc1ccc(Cl)cc1Cl)c1ccc(NC(=O)c2ccco2)cc1. The maximum absolute atomic E-state index is 12.1. The molecule has 0 radical (unpaired) electrons. The van der Waals surface area contributed by atoms with Gasteiger partial charge in [0.05, 0.1) is 11.8 Å². The monoisotopic (exact) mass is 389 g/mol. The van der Waals surface area contributed by atoms with Crippen molar-refractivity contribution >= 4 is 40.8 Å². The summed E-state index contributed by atoms with van der Waals surface area (Å²) in [5.41, 5.74) is 1.54. The van der Waals surface area contributed by atoms with Crippen LogP contribution >= 0.6 is 23.2 Å². The number of nitrogens with one attached hydrogen (secondary N) is 1. The van der Waals surface area contributed by atoms with E-state index >= 15 is 0 Å². The van der Waals surface area contributed by atoms with Gasteiger partial charge >= 0.3 is 5.97 Å². The fourth-order valence-electron chi connectivity index (χ4n) is 2.16. The second-order valence-electron chi connectivity index (χ2n) is 5.32. The number of carbonyl (C=O) groups excluding carboxylic acids is 2. The summed E-state index contributed by atoms with van der Waals surface area (Å²) in [6.07, 6.45) is 1.42. The van der Waals surface area contributed by atoms with Crippen LogP contribution in [-0.2, 0) is 11.3 Å². The molecule has 1 aromatic heterocycles. The Labute approximate surface area is 159 Å². The number of carbonyl (C=O) groups is 2. The standard InChI is InChI=1S/C19H13Cl2NO4/c20-14-6-3-13(16(21)10-14)11-26-19(24)12-4-7-15(8-5-12)22-18(23)17-2-1-9-25-17/h1-10H,11H2,(H,22,23). The van der Waals surface area contributed by atoms with Crippen molar-refractivity contribution in [3.05, 3.63) is 87.8 Å². The molecule has 0 aliphatic heterocycles. The Hall–Kier alpha value is -2.76. The van der Waals surface area contributed by atoms with Crippen molar-refractivity contribution in [2.75, 3.05) is 5.32 Å². The lowest BCUT2D eigenvalue weighted by atomic mass is 10.2. The molecule has 0 spiro atoms. The molecule has 0 bridgehead atoms. The van der Waals surface area contributed by atoms with Crippen molar-refractivity contribution in [1.29, 1.82) is 0 Å². The van der Waals surface area contributed by atoms with E-state index in [1.807, 2.05) is 0 Å². The average molecular weight is 390 g/mol. The van der Waals surface area contributed by atoms with Crippen LogP contribution in [0.1, 0.15) is 26.5 Å². The molecule has 1 amide bonds. The number of esters is 1. The van der Waals surface area contributed by atoms with Gasteiger partial charge in [0.2, 0.25) is 0 Å². The molecule has 26 heavy (non-hydrogen) atoms. The summed E-state index contributed by atoms with van der Waals surface area (Å²) < 4.78 is 10.3. The fraction of sp³-hybridized carbons (Fsp3) is 0.0526. The van der Waals surface area contributed by atoms with Gasteiger partial charge in [-0.1, -0.05) is 29.3 Å². The topological polar surface area (TPSA) is 68.5 Å². The zero-order valence-electron chi connectivity index (χ0n) is 13.4. The van der Waals surface area contributed by atoms with E-state index in [1.54, 1.807) is 54.6 Å². The Morgan fingerprint density at radius 2 is 1.81 bits per heavy atom. The highest BCUT2D eigenvalue weighted by Gasteiger charge is 2.11. The maximum atomic E-state index is 12.1. The van der Waals surface area contributed by atoms with Crippen molar-refractivity contribution in [3.8, 4) is 0 Å². The molecule has 0 aliphatic rings. The van der Waals surface area contributed by atoms with Crippen molar-refractivity contribution in [2.24, 2.45) is 0 Å². The van der Waals surface area contributed by atoms with Gasteiger partial charge in [-0.15, -0.1) is 0 Å². The summed E-state index contributed by atoms with van der Waals surface area (Å²) in [6.45, 7) is 0.0335. The lowest BCUT2D eigenvalue weighted by Gasteiger charge is -2.08. The third kappa shape index (κ3) is 4.45. The van der Waals surface area contributed by atoms with Crippen LogP contribution in [0.2, 0.25) is 10.0 Å². The highest BCUT2D eigenvalue weighted by atomic mass is 35.5. The number of furan rings is 1. The number of hydrogen-bond acceptors (Lipinski definition) is 4. The number of ether oxygens (including phenoxy) is 1. The first-order valence-corrected chi connectivity index (χ1v) is 8.34. The van der Waals surface area contributed by atoms with Crippen molar-refractivity contribution in [2.45, 2.75) is 6.61 Å². The average Bonchev–Trinajstić information content (AvgIpc) is 3.16. The summed E-state index contributed by atoms with van der Waals surface area (Å²) in [5.74, 6) is -0.670. The minimum absolute atomic E-state index is 0.0335. The normalized spacial score (nSPS) is 10.4. The molecule has 0 unspecified atom stereocenters. The van der Waals surface area contributed by atoms with Crippen molar-refractivity contribution < 1.29 is 18.7 Å². The van der Waals surface area contributed by atoms with E-state index in [2.05, 4.69) is 5.32 Å². The van der Waals surface area contributed by atoms with Crippen LogP contribution in [0.4, 0.5) is 5.69 Å². The number of halogens is 2. The molecule has 2 aromatic carbocycles. The highest BCUT2D eigenvalue weighted by Crippen LogP contribution is 2.22. The lowest BCUT2D eigenvalue weighted by Crippen LogP contribution is -2.11.